The molecule has 1 aromatic heterocycles. The summed E-state index contributed by atoms with van der Waals surface area (Å²) >= 11 is 0. The maximum Gasteiger partial charge on any atom is 0.139 e. The van der Waals surface area contributed by atoms with E-state index in [9.17, 15) is 0 Å². The van der Waals surface area contributed by atoms with Crippen LogP contribution in [-0.4, -0.2) is 42.4 Å². The number of benzene rings is 1. The van der Waals surface area contributed by atoms with E-state index < -0.39 is 0 Å². The summed E-state index contributed by atoms with van der Waals surface area (Å²) in [7, 11) is 2.16. The molecule has 1 saturated heterocycles. The van der Waals surface area contributed by atoms with E-state index in [4.69, 9.17) is 9.98 Å². The van der Waals surface area contributed by atoms with Crippen LogP contribution < -0.4 is 4.90 Å². The second-order valence-corrected chi connectivity index (χ2v) is 8.90. The van der Waals surface area contributed by atoms with E-state index in [1.165, 1.54) is 29.5 Å². The van der Waals surface area contributed by atoms with Crippen LogP contribution in [-0.2, 0) is 6.42 Å². The van der Waals surface area contributed by atoms with Gasteiger partial charge in [-0.25, -0.2) is 9.98 Å². The van der Waals surface area contributed by atoms with Crippen molar-refractivity contribution in [1.29, 1.82) is 0 Å². The number of rotatable bonds is 7. The summed E-state index contributed by atoms with van der Waals surface area (Å²) in [6, 6.07) is 8.70. The highest BCUT2D eigenvalue weighted by molar-refractivity contribution is 6.13. The number of pyridine rings is 1. The second kappa shape index (κ2) is 9.19. The van der Waals surface area contributed by atoms with E-state index in [-0.39, 0.29) is 0 Å². The lowest BCUT2D eigenvalue weighted by atomic mass is 9.93. The maximum absolute atomic E-state index is 5.18. The predicted octanol–water partition coefficient (Wildman–Crippen LogP) is 5.96. The van der Waals surface area contributed by atoms with E-state index >= 15 is 0 Å². The fourth-order valence-corrected chi connectivity index (χ4v) is 4.51. The number of aliphatic imine (C=N–C) groups is 1. The third-order valence-corrected chi connectivity index (χ3v) is 6.24. The van der Waals surface area contributed by atoms with Crippen LogP contribution in [0.4, 0.5) is 11.5 Å². The van der Waals surface area contributed by atoms with Crippen LogP contribution in [0.15, 0.2) is 54.7 Å². The van der Waals surface area contributed by atoms with Crippen molar-refractivity contribution in [2.24, 2.45) is 4.99 Å². The number of hydrogen-bond donors (Lipinski definition) is 0. The van der Waals surface area contributed by atoms with Gasteiger partial charge in [0.05, 0.1) is 18.1 Å². The number of nitrogens with zero attached hydrogens (tertiary/aromatic N) is 4. The number of aryl methyl sites for hydroxylation is 1. The molecule has 4 heteroatoms. The first-order chi connectivity index (χ1) is 15.0. The first kappa shape index (κ1) is 21.5. The van der Waals surface area contributed by atoms with Crippen LogP contribution >= 0.6 is 0 Å². The summed E-state index contributed by atoms with van der Waals surface area (Å²) in [5.74, 6) is 1.64. The molecule has 0 radical (unpaired) electrons. The summed E-state index contributed by atoms with van der Waals surface area (Å²) < 4.78 is 0. The number of anilines is 1. The molecular formula is C27H34N4. The Morgan fingerprint density at radius 2 is 2.10 bits per heavy atom. The number of hydrogen-bond acceptors (Lipinski definition) is 4. The van der Waals surface area contributed by atoms with Crippen LogP contribution in [0.1, 0.15) is 61.3 Å². The predicted molar refractivity (Wildman–Crippen MR) is 133 cm³/mol. The van der Waals surface area contributed by atoms with Gasteiger partial charge in [0.2, 0.25) is 0 Å². The monoisotopic (exact) mass is 414 g/mol. The van der Waals surface area contributed by atoms with Gasteiger partial charge >= 0.3 is 0 Å². The van der Waals surface area contributed by atoms with Crippen molar-refractivity contribution in [2.75, 3.05) is 31.7 Å². The van der Waals surface area contributed by atoms with Crippen LogP contribution in [0, 0.1) is 0 Å². The van der Waals surface area contributed by atoms with Gasteiger partial charge in [0.25, 0.3) is 0 Å². The molecule has 0 spiro atoms. The third kappa shape index (κ3) is 4.64. The molecule has 2 aromatic rings. The lowest BCUT2D eigenvalue weighted by Crippen LogP contribution is -2.43. The fourth-order valence-electron chi connectivity index (χ4n) is 4.51. The van der Waals surface area contributed by atoms with Gasteiger partial charge < -0.3 is 4.90 Å². The van der Waals surface area contributed by atoms with Gasteiger partial charge in [-0.05, 0) is 86.5 Å². The van der Waals surface area contributed by atoms with E-state index in [2.05, 4.69) is 62.1 Å². The van der Waals surface area contributed by atoms with Gasteiger partial charge in [-0.2, -0.15) is 0 Å². The van der Waals surface area contributed by atoms with Crippen molar-refractivity contribution in [3.05, 3.63) is 72.0 Å². The standard InChI is InChI=1S/C27H34N4/c1-6-20-16-23(21-11-12-21)26(19(3)4)25(17-20)29-24(7-2)22-10-8-13-28-27(22)31-15-9-14-30(5)18-31/h7-8,10,13,16-17,21H,2-3,6,9,11-12,14-15,18H2,1,4-5H3. The van der Waals surface area contributed by atoms with Gasteiger partial charge in [0.1, 0.15) is 5.82 Å². The minimum Gasteiger partial charge on any atom is -0.343 e. The zero-order valence-electron chi connectivity index (χ0n) is 19.2. The number of allylic oxidation sites excluding steroid dienone is 2. The lowest BCUT2D eigenvalue weighted by Gasteiger charge is -2.35. The fraction of sp³-hybridized carbons (Fsp3) is 0.407. The topological polar surface area (TPSA) is 31.7 Å². The highest BCUT2D eigenvalue weighted by Crippen LogP contribution is 2.46. The summed E-state index contributed by atoms with van der Waals surface area (Å²) in [6.07, 6.45) is 8.40. The molecule has 0 N–H and O–H groups in total. The highest BCUT2D eigenvalue weighted by Gasteiger charge is 2.28. The first-order valence-corrected chi connectivity index (χ1v) is 11.4. The lowest BCUT2D eigenvalue weighted by molar-refractivity contribution is 0.291. The summed E-state index contributed by atoms with van der Waals surface area (Å²) in [5.41, 5.74) is 7.95. The van der Waals surface area contributed by atoms with Crippen molar-refractivity contribution in [3.8, 4) is 0 Å². The molecule has 0 bridgehead atoms. The SMILES string of the molecule is C=CC(=Nc1cc(CC)cc(C2CC2)c1C(=C)C)c1cccnc1N1CCCN(C)C1. The molecule has 31 heavy (non-hydrogen) atoms. The van der Waals surface area contributed by atoms with Gasteiger partial charge in [-0.3, -0.25) is 4.90 Å². The van der Waals surface area contributed by atoms with E-state index in [0.717, 1.165) is 61.0 Å². The van der Waals surface area contributed by atoms with Crippen molar-refractivity contribution in [3.63, 3.8) is 0 Å². The molecule has 2 heterocycles. The number of aromatic nitrogens is 1. The smallest absolute Gasteiger partial charge is 0.139 e. The second-order valence-electron chi connectivity index (χ2n) is 8.90. The van der Waals surface area contributed by atoms with E-state index in [0.29, 0.717) is 5.92 Å². The zero-order valence-corrected chi connectivity index (χ0v) is 19.2. The first-order valence-electron chi connectivity index (χ1n) is 11.4. The third-order valence-electron chi connectivity index (χ3n) is 6.24. The Bertz CT molecular complexity index is 1020. The van der Waals surface area contributed by atoms with E-state index in [1.54, 1.807) is 0 Å². The van der Waals surface area contributed by atoms with Crippen LogP contribution in [0.5, 0.6) is 0 Å². The molecule has 2 aliphatic rings. The Kier molecular flexibility index (Phi) is 6.38. The normalized spacial score (nSPS) is 17.6. The minimum absolute atomic E-state index is 0.650. The highest BCUT2D eigenvalue weighted by atomic mass is 15.3. The summed E-state index contributed by atoms with van der Waals surface area (Å²) in [5, 5.41) is 0. The minimum atomic E-state index is 0.650. The van der Waals surface area contributed by atoms with Crippen molar-refractivity contribution in [2.45, 2.75) is 45.4 Å². The molecule has 1 aliphatic carbocycles. The van der Waals surface area contributed by atoms with Crippen molar-refractivity contribution >= 4 is 22.8 Å². The maximum atomic E-state index is 5.18. The van der Waals surface area contributed by atoms with E-state index in [1.807, 2.05) is 18.3 Å². The van der Waals surface area contributed by atoms with Crippen LogP contribution in [0.3, 0.4) is 0 Å². The Morgan fingerprint density at radius 1 is 1.29 bits per heavy atom. The molecule has 4 nitrogen and oxygen atoms in total. The van der Waals surface area contributed by atoms with Crippen LogP contribution in [0.25, 0.3) is 5.57 Å². The zero-order chi connectivity index (χ0) is 22.0. The quantitative estimate of drug-likeness (QED) is 0.524. The Morgan fingerprint density at radius 3 is 2.74 bits per heavy atom. The largest absolute Gasteiger partial charge is 0.343 e. The van der Waals surface area contributed by atoms with Gasteiger partial charge in [-0.15, -0.1) is 0 Å². The Hall–Kier alpha value is -2.72. The van der Waals surface area contributed by atoms with Gasteiger partial charge in [-0.1, -0.05) is 26.1 Å². The summed E-state index contributed by atoms with van der Waals surface area (Å²) in [6.45, 7) is 15.7. The van der Waals surface area contributed by atoms with Crippen LogP contribution in [0.2, 0.25) is 0 Å². The van der Waals surface area contributed by atoms with Crippen molar-refractivity contribution in [1.82, 2.24) is 9.88 Å². The molecule has 0 unspecified atom stereocenters. The Labute approximate surface area is 187 Å². The molecule has 0 amide bonds. The molecule has 1 saturated carbocycles. The molecule has 162 valence electrons. The molecular weight excluding hydrogens is 380 g/mol. The average Bonchev–Trinajstić information content (AvgIpc) is 3.62. The molecule has 0 atom stereocenters. The van der Waals surface area contributed by atoms with Gasteiger partial charge in [0, 0.05) is 30.4 Å². The average molecular weight is 415 g/mol. The molecule has 4 rings (SSSR count). The molecule has 1 aromatic carbocycles. The molecule has 1 aliphatic heterocycles. The van der Waals surface area contributed by atoms with Crippen molar-refractivity contribution < 1.29 is 0 Å². The molecule has 2 fully saturated rings. The summed E-state index contributed by atoms with van der Waals surface area (Å²) in [4.78, 5) is 14.6. The van der Waals surface area contributed by atoms with Gasteiger partial charge in [0.15, 0.2) is 0 Å². The Balaban J connectivity index is 1.83.